The number of alkyl halides is 2. The van der Waals surface area contributed by atoms with Crippen LogP contribution in [0.15, 0.2) is 35.5 Å². The zero-order valence-corrected chi connectivity index (χ0v) is 15.6. The van der Waals surface area contributed by atoms with E-state index in [0.29, 0.717) is 0 Å². The highest BCUT2D eigenvalue weighted by Gasteiger charge is 2.56. The second-order valence-electron chi connectivity index (χ2n) is 6.33. The van der Waals surface area contributed by atoms with E-state index >= 15 is 0 Å². The van der Waals surface area contributed by atoms with Crippen LogP contribution in [0.2, 0.25) is 5.02 Å². The molecule has 1 aliphatic rings. The van der Waals surface area contributed by atoms with Crippen LogP contribution in [0, 0.1) is 17.1 Å². The summed E-state index contributed by atoms with van der Waals surface area (Å²) >= 11 is 5.94. The van der Waals surface area contributed by atoms with Gasteiger partial charge in [-0.2, -0.15) is 14.0 Å². The number of halogens is 4. The number of nitrogens with zero attached hydrogens (tertiary/aromatic N) is 3. The number of aromatic nitrogens is 1. The highest BCUT2D eigenvalue weighted by molar-refractivity contribution is 6.34. The first-order valence-corrected chi connectivity index (χ1v) is 8.48. The molecule has 3 rings (SSSR count). The fourth-order valence-corrected chi connectivity index (χ4v) is 2.98. The minimum Gasteiger partial charge on any atom is -0.459 e. The maximum atomic E-state index is 14.5. The van der Waals surface area contributed by atoms with E-state index in [9.17, 15) is 18.0 Å². The molecule has 1 aromatic carbocycles. The van der Waals surface area contributed by atoms with Crippen molar-refractivity contribution in [1.82, 2.24) is 4.98 Å². The molecule has 0 saturated carbocycles. The van der Waals surface area contributed by atoms with Crippen molar-refractivity contribution < 1.29 is 22.7 Å². The Morgan fingerprint density at radius 2 is 2.14 bits per heavy atom. The lowest BCUT2D eigenvalue weighted by molar-refractivity contribution is -0.117. The fraction of sp³-hybridized carbons (Fsp3) is 0.222. The third-order valence-electron chi connectivity index (χ3n) is 4.38. The number of aliphatic imine (C=N–C) groups is 1. The third kappa shape index (κ3) is 3.69. The van der Waals surface area contributed by atoms with Crippen LogP contribution in [-0.4, -0.2) is 29.4 Å². The van der Waals surface area contributed by atoms with E-state index in [-0.39, 0.29) is 22.0 Å². The Bertz CT molecular complexity index is 1070. The Labute approximate surface area is 168 Å². The quantitative estimate of drug-likeness (QED) is 0.787. The van der Waals surface area contributed by atoms with E-state index < -0.39 is 41.4 Å². The van der Waals surface area contributed by atoms with Crippen molar-refractivity contribution in [1.29, 1.82) is 5.26 Å². The zero-order chi connectivity index (χ0) is 21.4. The first-order valence-electron chi connectivity index (χ1n) is 8.10. The van der Waals surface area contributed by atoms with Crippen LogP contribution in [0.3, 0.4) is 0 Å². The van der Waals surface area contributed by atoms with Gasteiger partial charge >= 0.3 is 5.92 Å². The normalized spacial score (nSPS) is 20.2. The van der Waals surface area contributed by atoms with Crippen LogP contribution in [0.1, 0.15) is 28.5 Å². The number of carbonyl (C=O) groups is 1. The van der Waals surface area contributed by atoms with E-state index in [4.69, 9.17) is 22.6 Å². The number of benzene rings is 1. The molecule has 1 aliphatic heterocycles. The number of nitriles is 1. The maximum Gasteiger partial charge on any atom is 0.310 e. The van der Waals surface area contributed by atoms with Crippen molar-refractivity contribution in [3.8, 4) is 6.07 Å². The van der Waals surface area contributed by atoms with Crippen molar-refractivity contribution in [3.63, 3.8) is 0 Å². The van der Waals surface area contributed by atoms with Crippen molar-refractivity contribution in [2.24, 2.45) is 10.7 Å². The molecule has 0 spiro atoms. The van der Waals surface area contributed by atoms with E-state index in [1.54, 1.807) is 0 Å². The molecular formula is C18H13ClF3N5O2. The molecule has 7 nitrogen and oxygen atoms in total. The molecule has 11 heteroatoms. The van der Waals surface area contributed by atoms with Crippen LogP contribution in [0.5, 0.6) is 0 Å². The molecular weight excluding hydrogens is 411 g/mol. The molecule has 2 aromatic rings. The summed E-state index contributed by atoms with van der Waals surface area (Å²) in [4.78, 5) is 19.8. The molecule has 0 saturated heterocycles. The van der Waals surface area contributed by atoms with Gasteiger partial charge in [0.15, 0.2) is 12.1 Å². The van der Waals surface area contributed by atoms with Crippen molar-refractivity contribution in [2.75, 3.05) is 11.9 Å². The molecule has 0 fully saturated rings. The van der Waals surface area contributed by atoms with Gasteiger partial charge in [-0.3, -0.25) is 4.79 Å². The summed E-state index contributed by atoms with van der Waals surface area (Å²) in [6.07, 6.45) is 1.15. The third-order valence-corrected chi connectivity index (χ3v) is 4.67. The van der Waals surface area contributed by atoms with Gasteiger partial charge in [0.1, 0.15) is 17.6 Å². The van der Waals surface area contributed by atoms with Crippen molar-refractivity contribution in [3.05, 3.63) is 58.1 Å². The minimum absolute atomic E-state index is 0.00548. The molecule has 1 unspecified atom stereocenters. The second-order valence-corrected chi connectivity index (χ2v) is 6.74. The Morgan fingerprint density at radius 1 is 1.41 bits per heavy atom. The number of pyridine rings is 1. The first kappa shape index (κ1) is 20.4. The number of nitrogens with two attached hydrogens (primary N) is 1. The lowest BCUT2D eigenvalue weighted by Crippen LogP contribution is -2.51. The Kier molecular flexibility index (Phi) is 5.11. The van der Waals surface area contributed by atoms with Crippen molar-refractivity contribution >= 4 is 29.2 Å². The number of anilines is 1. The zero-order valence-electron chi connectivity index (χ0n) is 14.8. The van der Waals surface area contributed by atoms with Crippen LogP contribution >= 0.6 is 11.6 Å². The van der Waals surface area contributed by atoms with E-state index in [1.807, 2.05) is 6.07 Å². The first-order chi connectivity index (χ1) is 13.6. The number of nitrogens with one attached hydrogen (secondary N) is 1. The van der Waals surface area contributed by atoms with E-state index in [1.165, 1.54) is 12.1 Å². The number of amidine groups is 1. The van der Waals surface area contributed by atoms with Gasteiger partial charge < -0.3 is 15.8 Å². The van der Waals surface area contributed by atoms with Crippen LogP contribution in [0.4, 0.5) is 18.9 Å². The Morgan fingerprint density at radius 3 is 2.79 bits per heavy atom. The SMILES string of the molecule is CC1(c2cc(NC(=O)c3ncc(C#N)cc3Cl)ccc2F)N=C(N)OCC1(F)F. The predicted octanol–water partition coefficient (Wildman–Crippen LogP) is 3.19. The molecule has 0 radical (unpaired) electrons. The topological polar surface area (TPSA) is 113 Å². The smallest absolute Gasteiger partial charge is 0.310 e. The average molecular weight is 424 g/mol. The molecule has 0 aliphatic carbocycles. The van der Waals surface area contributed by atoms with E-state index in [2.05, 4.69) is 20.0 Å². The molecule has 150 valence electrons. The number of carbonyl (C=O) groups excluding carboxylic acids is 1. The summed E-state index contributed by atoms with van der Waals surface area (Å²) < 4.78 is 48.0. The maximum absolute atomic E-state index is 14.5. The monoisotopic (exact) mass is 423 g/mol. The van der Waals surface area contributed by atoms with Gasteiger partial charge in [0.05, 0.1) is 10.6 Å². The van der Waals surface area contributed by atoms with Crippen LogP contribution in [-0.2, 0) is 10.3 Å². The number of hydrogen-bond acceptors (Lipinski definition) is 6. The summed E-state index contributed by atoms with van der Waals surface area (Å²) in [5.74, 6) is -5.29. The summed E-state index contributed by atoms with van der Waals surface area (Å²) in [5, 5.41) is 11.1. The van der Waals surface area contributed by atoms with Gasteiger partial charge in [-0.05, 0) is 31.2 Å². The average Bonchev–Trinajstić information content (AvgIpc) is 2.66. The van der Waals surface area contributed by atoms with E-state index in [0.717, 1.165) is 25.3 Å². The second kappa shape index (κ2) is 7.25. The van der Waals surface area contributed by atoms with Crippen LogP contribution < -0.4 is 11.1 Å². The molecule has 1 atom stereocenters. The lowest BCUT2D eigenvalue weighted by Gasteiger charge is -2.37. The highest BCUT2D eigenvalue weighted by atomic mass is 35.5. The molecule has 1 amide bonds. The number of rotatable bonds is 3. The van der Waals surface area contributed by atoms with Gasteiger partial charge in [-0.25, -0.2) is 14.4 Å². The summed E-state index contributed by atoms with van der Waals surface area (Å²) in [7, 11) is 0. The fourth-order valence-electron chi connectivity index (χ4n) is 2.73. The predicted molar refractivity (Wildman–Crippen MR) is 98.2 cm³/mol. The number of ether oxygens (including phenoxy) is 1. The lowest BCUT2D eigenvalue weighted by atomic mass is 9.85. The standard InChI is InChI=1S/C18H13ClF3N5O2/c1-17(18(21,22)8-29-16(24)27-17)11-5-10(2-3-13(11)20)26-15(28)14-12(19)4-9(6-23)7-25-14/h2-5,7H,8H2,1H3,(H2,24,27)(H,26,28). The van der Waals surface area contributed by atoms with Gasteiger partial charge in [-0.15, -0.1) is 0 Å². The molecule has 3 N–H and O–H groups in total. The van der Waals surface area contributed by atoms with Gasteiger partial charge in [0.25, 0.3) is 11.9 Å². The summed E-state index contributed by atoms with van der Waals surface area (Å²) in [6.45, 7) is -0.0505. The Hall–Kier alpha value is -3.32. The van der Waals surface area contributed by atoms with Crippen molar-refractivity contribution in [2.45, 2.75) is 18.4 Å². The van der Waals surface area contributed by atoms with Gasteiger partial charge in [-0.1, -0.05) is 11.6 Å². The van der Waals surface area contributed by atoms with Crippen LogP contribution in [0.25, 0.3) is 0 Å². The molecule has 1 aromatic heterocycles. The highest BCUT2D eigenvalue weighted by Crippen LogP contribution is 2.44. The Balaban J connectivity index is 1.97. The molecule has 29 heavy (non-hydrogen) atoms. The van der Waals surface area contributed by atoms with Gasteiger partial charge in [0, 0.05) is 17.4 Å². The number of amides is 1. The number of hydrogen-bond donors (Lipinski definition) is 2. The summed E-state index contributed by atoms with van der Waals surface area (Å²) in [5.41, 5.74) is 2.55. The molecule has 2 heterocycles. The van der Waals surface area contributed by atoms with Gasteiger partial charge in [0.2, 0.25) is 0 Å². The largest absolute Gasteiger partial charge is 0.459 e. The molecule has 0 bridgehead atoms. The summed E-state index contributed by atoms with van der Waals surface area (Å²) in [6, 6.07) is 5.71. The minimum atomic E-state index is -3.56.